The summed E-state index contributed by atoms with van der Waals surface area (Å²) in [5, 5.41) is 5.52. The van der Waals surface area contributed by atoms with Gasteiger partial charge in [-0.2, -0.15) is 18.2 Å². The lowest BCUT2D eigenvalue weighted by atomic mass is 10.2. The van der Waals surface area contributed by atoms with Crippen LogP contribution in [0.1, 0.15) is 37.9 Å². The molecule has 0 aliphatic heterocycles. The maximum absolute atomic E-state index is 12.2. The summed E-state index contributed by atoms with van der Waals surface area (Å²) in [7, 11) is -2.08. The highest BCUT2D eigenvalue weighted by Crippen LogP contribution is 2.28. The van der Waals surface area contributed by atoms with E-state index in [0.29, 0.717) is 24.3 Å². The van der Waals surface area contributed by atoms with E-state index in [1.807, 2.05) is 67.6 Å². The fraction of sp³-hybridized carbons (Fsp3) is 0.364. The number of nitrogens with one attached hydrogen (secondary N) is 2. The summed E-state index contributed by atoms with van der Waals surface area (Å²) < 4.78 is 37.6. The van der Waals surface area contributed by atoms with E-state index in [9.17, 15) is 13.2 Å². The molecule has 2 heterocycles. The van der Waals surface area contributed by atoms with Gasteiger partial charge in [-0.15, -0.1) is 0 Å². The smallest absolute Gasteiger partial charge is 0.301 e. The first kappa shape index (κ1) is 23.6. The van der Waals surface area contributed by atoms with Crippen molar-refractivity contribution in [3.63, 3.8) is 0 Å². The predicted molar refractivity (Wildman–Crippen MR) is 125 cm³/mol. The van der Waals surface area contributed by atoms with Gasteiger partial charge in [0.15, 0.2) is 0 Å². The zero-order chi connectivity index (χ0) is 23.3. The van der Waals surface area contributed by atoms with Crippen molar-refractivity contribution in [3.8, 4) is 11.6 Å². The molecule has 32 heavy (non-hydrogen) atoms. The third-order valence-corrected chi connectivity index (χ3v) is 5.95. The van der Waals surface area contributed by atoms with Gasteiger partial charge in [0.1, 0.15) is 11.6 Å². The first-order chi connectivity index (χ1) is 15.3. The molecule has 172 valence electrons. The largest absolute Gasteiger partial charge is 0.494 e. The van der Waals surface area contributed by atoms with Crippen LogP contribution in [0, 0.1) is 6.92 Å². The van der Waals surface area contributed by atoms with Gasteiger partial charge in [0.2, 0.25) is 0 Å². The predicted octanol–water partition coefficient (Wildman–Crippen LogP) is 2.84. The van der Waals surface area contributed by atoms with Crippen LogP contribution in [0.4, 0.5) is 0 Å². The molecule has 2 aromatic heterocycles. The first-order valence-corrected chi connectivity index (χ1v) is 12.0. The number of unbranched alkanes of at least 4 members (excludes halogenated alkanes) is 1. The highest BCUT2D eigenvalue weighted by atomic mass is 32.2. The molecule has 0 saturated carbocycles. The van der Waals surface area contributed by atoms with Crippen LogP contribution in [0.15, 0.2) is 36.5 Å². The van der Waals surface area contributed by atoms with Crippen molar-refractivity contribution in [1.82, 2.24) is 23.8 Å². The summed E-state index contributed by atoms with van der Waals surface area (Å²) in [6.45, 7) is 6.56. The molecule has 0 atom stereocenters. The number of benzene rings is 1. The monoisotopic (exact) mass is 459 g/mol. The lowest BCUT2D eigenvalue weighted by Gasteiger charge is -2.09. The van der Waals surface area contributed by atoms with Crippen LogP contribution in [0.25, 0.3) is 22.8 Å². The Morgan fingerprint density at radius 1 is 1.25 bits per heavy atom. The van der Waals surface area contributed by atoms with Crippen LogP contribution < -0.4 is 14.2 Å². The molecule has 9 nitrogen and oxygen atoms in total. The molecule has 0 saturated heterocycles. The van der Waals surface area contributed by atoms with Gasteiger partial charge in [-0.25, -0.2) is 4.72 Å². The van der Waals surface area contributed by atoms with Gasteiger partial charge >= 0.3 is 10.2 Å². The number of carbonyl (C=O) groups excluding carboxylic acids is 1. The second-order valence-corrected chi connectivity index (χ2v) is 8.84. The standard InChI is InChI=1S/C22H29N5O4S/c1-5-7-13-23-32(29,30)25-21(28)11-10-19-16(3)24-26(4)22(19)27-14-12-17-8-9-18(31-6-2)15-20(17)27/h8-12,14-15,23H,5-7,13H2,1-4H3,(H,25,28)/b11-10+. The Hall–Kier alpha value is -3.11. The molecule has 0 aliphatic rings. The first-order valence-electron chi connectivity index (χ1n) is 10.5. The summed E-state index contributed by atoms with van der Waals surface area (Å²) in [6, 6.07) is 7.85. The molecule has 0 fully saturated rings. The number of amides is 1. The zero-order valence-corrected chi connectivity index (χ0v) is 19.6. The van der Waals surface area contributed by atoms with E-state index in [2.05, 4.69) is 9.82 Å². The van der Waals surface area contributed by atoms with Crippen molar-refractivity contribution in [2.75, 3.05) is 13.2 Å². The third kappa shape index (κ3) is 5.38. The average Bonchev–Trinajstić information content (AvgIpc) is 3.25. The van der Waals surface area contributed by atoms with Gasteiger partial charge in [-0.1, -0.05) is 13.3 Å². The van der Waals surface area contributed by atoms with Gasteiger partial charge in [-0.05, 0) is 44.5 Å². The van der Waals surface area contributed by atoms with Gasteiger partial charge in [-0.3, -0.25) is 9.48 Å². The van der Waals surface area contributed by atoms with Crippen LogP contribution in [0.5, 0.6) is 5.75 Å². The Kier molecular flexibility index (Phi) is 7.37. The number of hydrogen-bond acceptors (Lipinski definition) is 5. The topological polar surface area (TPSA) is 107 Å². The van der Waals surface area contributed by atoms with Crippen molar-refractivity contribution in [1.29, 1.82) is 0 Å². The van der Waals surface area contributed by atoms with Crippen LogP contribution >= 0.6 is 0 Å². The maximum atomic E-state index is 12.2. The highest BCUT2D eigenvalue weighted by Gasteiger charge is 2.17. The SMILES string of the molecule is CCCCNS(=O)(=O)NC(=O)/C=C/c1c(C)nn(C)c1-n1ccc2ccc(OCC)cc21. The van der Waals surface area contributed by atoms with E-state index in [0.717, 1.165) is 28.9 Å². The van der Waals surface area contributed by atoms with Crippen molar-refractivity contribution < 1.29 is 17.9 Å². The molecule has 0 spiro atoms. The molecule has 0 unspecified atom stereocenters. The minimum absolute atomic E-state index is 0.277. The number of ether oxygens (including phenoxy) is 1. The summed E-state index contributed by atoms with van der Waals surface area (Å²) in [6.07, 6.45) is 6.24. The van der Waals surface area contributed by atoms with Gasteiger partial charge < -0.3 is 9.30 Å². The molecule has 1 amide bonds. The molecular formula is C22H29N5O4S. The number of carbonyl (C=O) groups is 1. The Balaban J connectivity index is 1.90. The van der Waals surface area contributed by atoms with Gasteiger partial charge in [0.05, 0.1) is 17.8 Å². The molecule has 0 radical (unpaired) electrons. The maximum Gasteiger partial charge on any atom is 0.301 e. The van der Waals surface area contributed by atoms with Crippen molar-refractivity contribution in [3.05, 3.63) is 47.8 Å². The number of aromatic nitrogens is 3. The van der Waals surface area contributed by atoms with Crippen molar-refractivity contribution in [2.24, 2.45) is 7.05 Å². The fourth-order valence-electron chi connectivity index (χ4n) is 3.44. The fourth-order valence-corrected chi connectivity index (χ4v) is 4.26. The lowest BCUT2D eigenvalue weighted by molar-refractivity contribution is -0.114. The Morgan fingerprint density at radius 3 is 2.75 bits per heavy atom. The minimum atomic E-state index is -3.90. The third-order valence-electron chi connectivity index (χ3n) is 4.90. The molecule has 1 aromatic carbocycles. The molecule has 0 aliphatic carbocycles. The number of nitrogens with zero attached hydrogens (tertiary/aromatic N) is 3. The molecule has 3 rings (SSSR count). The number of aryl methyl sites for hydroxylation is 2. The lowest BCUT2D eigenvalue weighted by Crippen LogP contribution is -2.39. The number of fused-ring (bicyclic) bond motifs is 1. The van der Waals surface area contributed by atoms with Crippen molar-refractivity contribution >= 4 is 33.1 Å². The van der Waals surface area contributed by atoms with Crippen LogP contribution in [-0.4, -0.2) is 41.8 Å². The number of hydrogen-bond donors (Lipinski definition) is 2. The summed E-state index contributed by atoms with van der Waals surface area (Å²) in [5.41, 5.74) is 2.34. The van der Waals surface area contributed by atoms with Gasteiger partial charge in [0, 0.05) is 42.9 Å². The second-order valence-electron chi connectivity index (χ2n) is 7.34. The number of rotatable bonds is 10. The Labute approximate surface area is 188 Å². The molecule has 2 N–H and O–H groups in total. The highest BCUT2D eigenvalue weighted by molar-refractivity contribution is 7.88. The Bertz CT molecular complexity index is 1240. The normalized spacial score (nSPS) is 12.0. The van der Waals surface area contributed by atoms with Crippen LogP contribution in [0.3, 0.4) is 0 Å². The van der Waals surface area contributed by atoms with E-state index in [-0.39, 0.29) is 6.54 Å². The molecule has 10 heteroatoms. The molecular weight excluding hydrogens is 430 g/mol. The molecule has 0 bridgehead atoms. The van der Waals surface area contributed by atoms with Gasteiger partial charge in [0.25, 0.3) is 5.91 Å². The molecule has 3 aromatic rings. The summed E-state index contributed by atoms with van der Waals surface area (Å²) in [5.74, 6) is 0.773. The van der Waals surface area contributed by atoms with Crippen molar-refractivity contribution in [2.45, 2.75) is 33.6 Å². The second kappa shape index (κ2) is 10.0. The van der Waals surface area contributed by atoms with E-state index < -0.39 is 16.1 Å². The van der Waals surface area contributed by atoms with Crippen LogP contribution in [-0.2, 0) is 22.1 Å². The van der Waals surface area contributed by atoms with E-state index in [1.54, 1.807) is 10.8 Å². The quantitative estimate of drug-likeness (QED) is 0.358. The van der Waals surface area contributed by atoms with Crippen LogP contribution in [0.2, 0.25) is 0 Å². The van der Waals surface area contributed by atoms with E-state index in [1.165, 1.54) is 6.08 Å². The minimum Gasteiger partial charge on any atom is -0.494 e. The van der Waals surface area contributed by atoms with E-state index in [4.69, 9.17) is 4.74 Å². The summed E-state index contributed by atoms with van der Waals surface area (Å²) in [4.78, 5) is 12.2. The average molecular weight is 460 g/mol. The summed E-state index contributed by atoms with van der Waals surface area (Å²) >= 11 is 0. The van der Waals surface area contributed by atoms with E-state index >= 15 is 0 Å². The zero-order valence-electron chi connectivity index (χ0n) is 18.8. The Morgan fingerprint density at radius 2 is 2.03 bits per heavy atom.